The van der Waals surface area contributed by atoms with E-state index in [2.05, 4.69) is 0 Å². The maximum Gasteiger partial charge on any atom is 0.416 e. The molecule has 0 aliphatic carbocycles. The molecule has 0 saturated carbocycles. The Morgan fingerprint density at radius 2 is 1.75 bits per heavy atom. The van der Waals surface area contributed by atoms with Gasteiger partial charge in [0.1, 0.15) is 6.04 Å². The predicted molar refractivity (Wildman–Crippen MR) is 100 cm³/mol. The molecule has 1 heterocycles. The molecule has 1 aliphatic rings. The molecule has 2 amide bonds. The van der Waals surface area contributed by atoms with Gasteiger partial charge < -0.3 is 9.80 Å². The van der Waals surface area contributed by atoms with Gasteiger partial charge in [-0.05, 0) is 55.8 Å². The molecule has 2 aromatic rings. The van der Waals surface area contributed by atoms with Crippen LogP contribution >= 0.6 is 11.6 Å². The lowest BCUT2D eigenvalue weighted by Gasteiger charge is -2.39. The third-order valence-electron chi connectivity index (χ3n) is 4.91. The lowest BCUT2D eigenvalue weighted by atomic mass is 10.1. The highest BCUT2D eigenvalue weighted by Gasteiger charge is 2.36. The number of carbonyl (C=O) groups excluding carboxylic acids is 2. The number of halogens is 4. The molecular formula is C20H18ClF3N2O2. The van der Waals surface area contributed by atoms with E-state index in [4.69, 9.17) is 11.6 Å². The van der Waals surface area contributed by atoms with Crippen molar-refractivity contribution in [3.05, 3.63) is 64.2 Å². The summed E-state index contributed by atoms with van der Waals surface area (Å²) in [5, 5.41) is 0.543. The van der Waals surface area contributed by atoms with Crippen molar-refractivity contribution in [3.63, 3.8) is 0 Å². The number of hydrogen-bond acceptors (Lipinski definition) is 2. The highest BCUT2D eigenvalue weighted by atomic mass is 35.5. The SMILES string of the molecule is Cc1c(Cl)cccc1N1CCN(C(=O)c2ccc(C(F)(F)F)cc2)[C@H](C)C1=O. The monoisotopic (exact) mass is 410 g/mol. The number of piperazine rings is 1. The molecule has 2 aromatic carbocycles. The first-order valence-electron chi connectivity index (χ1n) is 8.66. The second kappa shape index (κ2) is 7.47. The van der Waals surface area contributed by atoms with Crippen molar-refractivity contribution < 1.29 is 22.8 Å². The molecule has 1 atom stereocenters. The predicted octanol–water partition coefficient (Wildman–Crippen LogP) is 4.54. The Bertz CT molecular complexity index is 913. The van der Waals surface area contributed by atoms with Crippen molar-refractivity contribution in [1.29, 1.82) is 0 Å². The molecule has 0 aromatic heterocycles. The molecule has 4 nitrogen and oxygen atoms in total. The van der Waals surface area contributed by atoms with Gasteiger partial charge in [-0.1, -0.05) is 17.7 Å². The third-order valence-corrected chi connectivity index (χ3v) is 5.31. The van der Waals surface area contributed by atoms with Crippen LogP contribution in [0.15, 0.2) is 42.5 Å². The van der Waals surface area contributed by atoms with Crippen LogP contribution in [0.2, 0.25) is 5.02 Å². The van der Waals surface area contributed by atoms with Gasteiger partial charge in [0.2, 0.25) is 5.91 Å². The maximum absolute atomic E-state index is 12.9. The normalized spacial score (nSPS) is 17.8. The minimum atomic E-state index is -4.47. The number of carbonyl (C=O) groups is 2. The summed E-state index contributed by atoms with van der Waals surface area (Å²) in [7, 11) is 0. The summed E-state index contributed by atoms with van der Waals surface area (Å²) in [6.45, 7) is 3.96. The van der Waals surface area contributed by atoms with Gasteiger partial charge in [-0.25, -0.2) is 0 Å². The fourth-order valence-corrected chi connectivity index (χ4v) is 3.41. The molecule has 1 fully saturated rings. The van der Waals surface area contributed by atoms with Gasteiger partial charge >= 0.3 is 6.18 Å². The van der Waals surface area contributed by atoms with E-state index in [-0.39, 0.29) is 24.6 Å². The number of nitrogens with zero attached hydrogens (tertiary/aromatic N) is 2. The fraction of sp³-hybridized carbons (Fsp3) is 0.300. The van der Waals surface area contributed by atoms with E-state index in [1.165, 1.54) is 4.90 Å². The summed E-state index contributed by atoms with van der Waals surface area (Å²) >= 11 is 6.14. The van der Waals surface area contributed by atoms with Crippen LogP contribution in [-0.2, 0) is 11.0 Å². The van der Waals surface area contributed by atoms with Crippen molar-refractivity contribution in [3.8, 4) is 0 Å². The van der Waals surface area contributed by atoms with Crippen molar-refractivity contribution >= 4 is 29.1 Å². The lowest BCUT2D eigenvalue weighted by Crippen LogP contribution is -2.58. The Kier molecular flexibility index (Phi) is 5.39. The summed E-state index contributed by atoms with van der Waals surface area (Å²) in [6.07, 6.45) is -4.47. The number of hydrogen-bond donors (Lipinski definition) is 0. The molecule has 148 valence electrons. The average molecular weight is 411 g/mol. The molecule has 0 spiro atoms. The van der Waals surface area contributed by atoms with Crippen LogP contribution in [0.3, 0.4) is 0 Å². The van der Waals surface area contributed by atoms with E-state index >= 15 is 0 Å². The Balaban J connectivity index is 1.80. The number of benzene rings is 2. The quantitative estimate of drug-likeness (QED) is 0.729. The van der Waals surface area contributed by atoms with Crippen LogP contribution < -0.4 is 4.90 Å². The molecule has 1 saturated heterocycles. The second-order valence-corrected chi connectivity index (χ2v) is 7.03. The van der Waals surface area contributed by atoms with Crippen LogP contribution in [-0.4, -0.2) is 35.8 Å². The lowest BCUT2D eigenvalue weighted by molar-refractivity contribution is -0.137. The number of amides is 2. The maximum atomic E-state index is 12.9. The van der Waals surface area contributed by atoms with Crippen LogP contribution in [0.1, 0.15) is 28.4 Å². The first-order valence-corrected chi connectivity index (χ1v) is 9.04. The number of anilines is 1. The Labute approximate surface area is 165 Å². The summed E-state index contributed by atoms with van der Waals surface area (Å²) in [5.74, 6) is -0.742. The topological polar surface area (TPSA) is 40.6 Å². The molecule has 0 N–H and O–H groups in total. The molecular weight excluding hydrogens is 393 g/mol. The standard InChI is InChI=1S/C20H18ClF3N2O2/c1-12-16(21)4-3-5-17(12)26-11-10-25(13(2)18(26)27)19(28)14-6-8-15(9-7-14)20(22,23)24/h3-9,13H,10-11H2,1-2H3/t13-/m1/s1. The highest BCUT2D eigenvalue weighted by Crippen LogP contribution is 2.31. The van der Waals surface area contributed by atoms with Crippen LogP contribution in [0, 0.1) is 6.92 Å². The van der Waals surface area contributed by atoms with Gasteiger partial charge in [0.05, 0.1) is 5.56 Å². The van der Waals surface area contributed by atoms with Crippen LogP contribution in [0.4, 0.5) is 18.9 Å². The molecule has 3 rings (SSSR count). The van der Waals surface area contributed by atoms with E-state index in [1.54, 1.807) is 30.0 Å². The summed E-state index contributed by atoms with van der Waals surface area (Å²) in [4.78, 5) is 28.6. The first-order chi connectivity index (χ1) is 13.1. The molecule has 0 bridgehead atoms. The van der Waals surface area contributed by atoms with Crippen LogP contribution in [0.5, 0.6) is 0 Å². The third kappa shape index (κ3) is 3.71. The van der Waals surface area contributed by atoms with E-state index < -0.39 is 23.7 Å². The van der Waals surface area contributed by atoms with E-state index in [0.29, 0.717) is 10.7 Å². The summed E-state index contributed by atoms with van der Waals surface area (Å²) < 4.78 is 38.1. The summed E-state index contributed by atoms with van der Waals surface area (Å²) in [6, 6.07) is 8.53. The zero-order valence-corrected chi connectivity index (χ0v) is 16.0. The minimum absolute atomic E-state index is 0.111. The Hall–Kier alpha value is -2.54. The molecule has 8 heteroatoms. The first kappa shape index (κ1) is 20.2. The summed E-state index contributed by atoms with van der Waals surface area (Å²) in [5.41, 5.74) is 0.743. The van der Waals surface area contributed by atoms with Gasteiger partial charge in [0, 0.05) is 29.4 Å². The van der Waals surface area contributed by atoms with E-state index in [9.17, 15) is 22.8 Å². The van der Waals surface area contributed by atoms with Crippen LogP contribution in [0.25, 0.3) is 0 Å². The van der Waals surface area contributed by atoms with Crippen molar-refractivity contribution in [1.82, 2.24) is 4.90 Å². The Morgan fingerprint density at radius 1 is 1.11 bits per heavy atom. The van der Waals surface area contributed by atoms with Gasteiger partial charge in [0.25, 0.3) is 5.91 Å². The van der Waals surface area contributed by atoms with Gasteiger partial charge in [-0.15, -0.1) is 0 Å². The zero-order valence-electron chi connectivity index (χ0n) is 15.3. The number of alkyl halides is 3. The average Bonchev–Trinajstić information content (AvgIpc) is 2.65. The van der Waals surface area contributed by atoms with E-state index in [1.807, 2.05) is 6.92 Å². The van der Waals surface area contributed by atoms with Crippen molar-refractivity contribution in [2.45, 2.75) is 26.1 Å². The minimum Gasteiger partial charge on any atom is -0.325 e. The second-order valence-electron chi connectivity index (χ2n) is 6.62. The largest absolute Gasteiger partial charge is 0.416 e. The molecule has 0 radical (unpaired) electrons. The highest BCUT2D eigenvalue weighted by molar-refractivity contribution is 6.31. The van der Waals surface area contributed by atoms with Gasteiger partial charge in [-0.3, -0.25) is 9.59 Å². The molecule has 1 aliphatic heterocycles. The van der Waals surface area contributed by atoms with Crippen molar-refractivity contribution in [2.24, 2.45) is 0 Å². The van der Waals surface area contributed by atoms with Gasteiger partial charge in [0.15, 0.2) is 0 Å². The van der Waals surface area contributed by atoms with Crippen molar-refractivity contribution in [2.75, 3.05) is 18.0 Å². The molecule has 0 unspecified atom stereocenters. The Morgan fingerprint density at radius 3 is 2.36 bits per heavy atom. The fourth-order valence-electron chi connectivity index (χ4n) is 3.24. The smallest absolute Gasteiger partial charge is 0.325 e. The zero-order chi connectivity index (χ0) is 20.6. The number of rotatable bonds is 2. The molecule has 28 heavy (non-hydrogen) atoms. The van der Waals surface area contributed by atoms with Gasteiger partial charge in [-0.2, -0.15) is 13.2 Å². The van der Waals surface area contributed by atoms with E-state index in [0.717, 1.165) is 29.8 Å².